The molecular formula is C22H28ClN3O4. The average Bonchev–Trinajstić information content (AvgIpc) is 2.68. The fourth-order valence-corrected chi connectivity index (χ4v) is 3.83. The van der Waals surface area contributed by atoms with E-state index in [1.165, 1.54) is 0 Å². The number of fused-ring (bicyclic) bond motifs is 1. The maximum Gasteiger partial charge on any atom is 0.410 e. The van der Waals surface area contributed by atoms with Crippen molar-refractivity contribution in [1.29, 1.82) is 0 Å². The number of nitrogens with two attached hydrogens (primary N) is 1. The van der Waals surface area contributed by atoms with Crippen molar-refractivity contribution in [3.05, 3.63) is 35.0 Å². The van der Waals surface area contributed by atoms with Gasteiger partial charge in [0.05, 0.1) is 21.8 Å². The predicted molar refractivity (Wildman–Crippen MR) is 117 cm³/mol. The first-order valence-corrected chi connectivity index (χ1v) is 10.4. The highest BCUT2D eigenvalue weighted by molar-refractivity contribution is 6.35. The van der Waals surface area contributed by atoms with E-state index in [2.05, 4.69) is 4.98 Å². The summed E-state index contributed by atoms with van der Waals surface area (Å²) >= 11 is 6.20. The number of likely N-dealkylation sites (tertiary alicyclic amines) is 1. The van der Waals surface area contributed by atoms with E-state index >= 15 is 0 Å². The Bertz CT molecular complexity index is 963. The van der Waals surface area contributed by atoms with Crippen LogP contribution in [0.3, 0.4) is 0 Å². The fourth-order valence-electron chi connectivity index (χ4n) is 3.61. The second-order valence-corrected chi connectivity index (χ2v) is 9.24. The van der Waals surface area contributed by atoms with Crippen molar-refractivity contribution < 1.29 is 19.4 Å². The van der Waals surface area contributed by atoms with Crippen LogP contribution < -0.4 is 5.73 Å². The SMILES string of the molecule is CC(C)(C)OC(=O)N1CCC(O)(CCC(=O)c2cc(Cl)c(N)c3cccnc23)CC1. The first-order valence-electron chi connectivity index (χ1n) is 10.1. The number of carbonyl (C=O) groups excluding carboxylic acids is 2. The Morgan fingerprint density at radius 1 is 1.33 bits per heavy atom. The molecule has 0 spiro atoms. The van der Waals surface area contributed by atoms with Crippen molar-refractivity contribution in [2.24, 2.45) is 0 Å². The van der Waals surface area contributed by atoms with E-state index < -0.39 is 11.2 Å². The molecule has 0 atom stereocenters. The Kier molecular flexibility index (Phi) is 6.24. The smallest absolute Gasteiger partial charge is 0.410 e. The number of hydrogen-bond donors (Lipinski definition) is 2. The summed E-state index contributed by atoms with van der Waals surface area (Å²) in [6.45, 7) is 6.23. The molecule has 1 aliphatic heterocycles. The van der Waals surface area contributed by atoms with Gasteiger partial charge in [-0.3, -0.25) is 9.78 Å². The zero-order chi connectivity index (χ0) is 22.1. The molecule has 1 aromatic carbocycles. The number of amides is 1. The molecule has 3 N–H and O–H groups in total. The number of nitrogen functional groups attached to an aromatic ring is 1. The van der Waals surface area contributed by atoms with Crippen LogP contribution in [0.15, 0.2) is 24.4 Å². The van der Waals surface area contributed by atoms with Crippen LogP contribution in [0.2, 0.25) is 5.02 Å². The number of piperidine rings is 1. The molecule has 2 aromatic rings. The molecule has 0 unspecified atom stereocenters. The molecule has 1 amide bonds. The van der Waals surface area contributed by atoms with Gasteiger partial charge in [-0.1, -0.05) is 11.6 Å². The third kappa shape index (κ3) is 5.02. The van der Waals surface area contributed by atoms with Gasteiger partial charge in [-0.05, 0) is 58.2 Å². The normalized spacial score (nSPS) is 16.5. The molecular weight excluding hydrogens is 406 g/mol. The van der Waals surface area contributed by atoms with Crippen molar-refractivity contribution in [2.75, 3.05) is 18.8 Å². The molecule has 162 valence electrons. The lowest BCUT2D eigenvalue weighted by atomic mass is 9.85. The molecule has 2 heterocycles. The number of ether oxygens (including phenoxy) is 1. The first-order chi connectivity index (χ1) is 14.0. The van der Waals surface area contributed by atoms with Crippen LogP contribution in [0.4, 0.5) is 10.5 Å². The van der Waals surface area contributed by atoms with Crippen molar-refractivity contribution in [3.63, 3.8) is 0 Å². The van der Waals surface area contributed by atoms with E-state index in [4.69, 9.17) is 22.1 Å². The van der Waals surface area contributed by atoms with Crippen molar-refractivity contribution in [2.45, 2.75) is 57.7 Å². The minimum absolute atomic E-state index is 0.148. The van der Waals surface area contributed by atoms with E-state index in [0.29, 0.717) is 59.5 Å². The van der Waals surface area contributed by atoms with E-state index in [9.17, 15) is 14.7 Å². The van der Waals surface area contributed by atoms with Crippen molar-refractivity contribution in [3.8, 4) is 0 Å². The molecule has 1 fully saturated rings. The Morgan fingerprint density at radius 3 is 2.63 bits per heavy atom. The van der Waals surface area contributed by atoms with Gasteiger partial charge in [-0.2, -0.15) is 0 Å². The van der Waals surface area contributed by atoms with Gasteiger partial charge in [-0.25, -0.2) is 4.79 Å². The quantitative estimate of drug-likeness (QED) is 0.553. The molecule has 0 bridgehead atoms. The number of aliphatic hydroxyl groups is 1. The van der Waals surface area contributed by atoms with E-state index in [-0.39, 0.29) is 18.3 Å². The number of aromatic nitrogens is 1. The molecule has 3 rings (SSSR count). The standard InChI is InChI=1S/C22H28ClN3O4/c1-21(2,3)30-20(28)26-11-8-22(29,9-12-26)7-6-17(27)15-13-16(23)18(24)14-5-4-10-25-19(14)15/h4-5,10,13,29H,6-9,11-12,24H2,1-3H3. The number of pyridine rings is 1. The molecule has 30 heavy (non-hydrogen) atoms. The van der Waals surface area contributed by atoms with Crippen LogP contribution in [0.5, 0.6) is 0 Å². The van der Waals surface area contributed by atoms with Gasteiger partial charge in [0.25, 0.3) is 0 Å². The minimum atomic E-state index is -1.00. The van der Waals surface area contributed by atoms with Gasteiger partial charge in [-0.15, -0.1) is 0 Å². The van der Waals surface area contributed by atoms with Gasteiger partial charge in [0, 0.05) is 36.7 Å². The molecule has 8 heteroatoms. The lowest BCUT2D eigenvalue weighted by Gasteiger charge is -2.38. The number of halogens is 1. The van der Waals surface area contributed by atoms with Gasteiger partial charge in [0.15, 0.2) is 5.78 Å². The van der Waals surface area contributed by atoms with E-state index in [1.54, 1.807) is 29.3 Å². The third-order valence-electron chi connectivity index (χ3n) is 5.35. The van der Waals surface area contributed by atoms with Crippen LogP contribution >= 0.6 is 11.6 Å². The number of carbonyl (C=O) groups is 2. The van der Waals surface area contributed by atoms with Crippen molar-refractivity contribution in [1.82, 2.24) is 9.88 Å². The zero-order valence-corrected chi connectivity index (χ0v) is 18.3. The number of Topliss-reactive ketones (excluding diaryl/α,β-unsaturated/α-hetero) is 1. The molecule has 0 saturated carbocycles. The molecule has 0 aliphatic carbocycles. The van der Waals surface area contributed by atoms with E-state index in [1.807, 2.05) is 20.8 Å². The molecule has 7 nitrogen and oxygen atoms in total. The Hall–Kier alpha value is -2.38. The summed E-state index contributed by atoms with van der Waals surface area (Å²) in [5.41, 5.74) is 5.75. The summed E-state index contributed by atoms with van der Waals surface area (Å²) in [6, 6.07) is 5.06. The monoisotopic (exact) mass is 433 g/mol. The van der Waals surface area contributed by atoms with Crippen LogP contribution in [-0.2, 0) is 4.74 Å². The topological polar surface area (TPSA) is 106 Å². The number of benzene rings is 1. The summed E-state index contributed by atoms with van der Waals surface area (Å²) < 4.78 is 5.38. The highest BCUT2D eigenvalue weighted by Gasteiger charge is 2.35. The predicted octanol–water partition coefficient (Wildman–Crippen LogP) is 4.20. The number of hydrogen-bond acceptors (Lipinski definition) is 6. The molecule has 1 saturated heterocycles. The zero-order valence-electron chi connectivity index (χ0n) is 17.6. The largest absolute Gasteiger partial charge is 0.444 e. The number of rotatable bonds is 4. The highest BCUT2D eigenvalue weighted by atomic mass is 35.5. The second kappa shape index (κ2) is 8.40. The van der Waals surface area contributed by atoms with Crippen molar-refractivity contribution >= 4 is 40.1 Å². The highest BCUT2D eigenvalue weighted by Crippen LogP contribution is 2.33. The summed E-state index contributed by atoms with van der Waals surface area (Å²) in [5, 5.41) is 11.9. The Labute approximate surface area is 181 Å². The molecule has 1 aliphatic rings. The number of anilines is 1. The summed E-state index contributed by atoms with van der Waals surface area (Å²) in [5.74, 6) is -0.149. The maximum atomic E-state index is 12.9. The third-order valence-corrected chi connectivity index (χ3v) is 5.66. The Morgan fingerprint density at radius 2 is 2.00 bits per heavy atom. The van der Waals surface area contributed by atoms with Gasteiger partial charge in [0.1, 0.15) is 5.60 Å². The Balaban J connectivity index is 1.64. The summed E-state index contributed by atoms with van der Waals surface area (Å²) in [6.07, 6.45) is 2.45. The molecule has 1 aromatic heterocycles. The fraction of sp³-hybridized carbons (Fsp3) is 0.500. The summed E-state index contributed by atoms with van der Waals surface area (Å²) in [4.78, 5) is 31.0. The van der Waals surface area contributed by atoms with Crippen LogP contribution in [0.25, 0.3) is 10.9 Å². The average molecular weight is 434 g/mol. The lowest BCUT2D eigenvalue weighted by Crippen LogP contribution is -2.48. The van der Waals surface area contributed by atoms with Crippen LogP contribution in [0.1, 0.15) is 56.8 Å². The molecule has 0 radical (unpaired) electrons. The second-order valence-electron chi connectivity index (χ2n) is 8.83. The summed E-state index contributed by atoms with van der Waals surface area (Å²) in [7, 11) is 0. The van der Waals surface area contributed by atoms with Gasteiger partial charge < -0.3 is 20.5 Å². The van der Waals surface area contributed by atoms with Crippen LogP contribution in [0, 0.1) is 0 Å². The number of ketones is 1. The maximum absolute atomic E-state index is 12.9. The number of nitrogens with zero attached hydrogens (tertiary/aromatic N) is 2. The van der Waals surface area contributed by atoms with Gasteiger partial charge >= 0.3 is 6.09 Å². The van der Waals surface area contributed by atoms with E-state index in [0.717, 1.165) is 0 Å². The first kappa shape index (κ1) is 22.3. The minimum Gasteiger partial charge on any atom is -0.444 e. The van der Waals surface area contributed by atoms with Crippen LogP contribution in [-0.4, -0.2) is 51.2 Å². The van der Waals surface area contributed by atoms with Gasteiger partial charge in [0.2, 0.25) is 0 Å². The lowest BCUT2D eigenvalue weighted by molar-refractivity contribution is -0.0367.